The molecule has 68 valence electrons. The summed E-state index contributed by atoms with van der Waals surface area (Å²) in [5.74, 6) is 0.366. The lowest BCUT2D eigenvalue weighted by Gasteiger charge is -1.96. The van der Waals surface area contributed by atoms with E-state index in [4.69, 9.17) is 4.74 Å². The fourth-order valence-electron chi connectivity index (χ4n) is 0.810. The van der Waals surface area contributed by atoms with Crippen molar-refractivity contribution in [3.05, 3.63) is 0 Å². The highest BCUT2D eigenvalue weighted by molar-refractivity contribution is 7.98. The van der Waals surface area contributed by atoms with E-state index in [1.807, 2.05) is 6.26 Å². The highest BCUT2D eigenvalue weighted by Crippen LogP contribution is 2.10. The predicted molar refractivity (Wildman–Crippen MR) is 44.7 cm³/mol. The van der Waals surface area contributed by atoms with Gasteiger partial charge in [-0.15, -0.1) is 20.4 Å². The van der Waals surface area contributed by atoms with E-state index in [9.17, 15) is 0 Å². The van der Waals surface area contributed by atoms with Crippen molar-refractivity contribution in [2.75, 3.05) is 13.4 Å². The van der Waals surface area contributed by atoms with Crippen molar-refractivity contribution in [3.63, 3.8) is 0 Å². The molecule has 0 aliphatic carbocycles. The first-order valence-corrected chi connectivity index (χ1v) is 4.61. The molecular formula is C5H6N6OS. The van der Waals surface area contributed by atoms with E-state index in [0.29, 0.717) is 10.9 Å². The molecule has 13 heavy (non-hydrogen) atoms. The first kappa shape index (κ1) is 8.17. The van der Waals surface area contributed by atoms with E-state index in [0.717, 1.165) is 0 Å². The Morgan fingerprint density at radius 3 is 2.69 bits per heavy atom. The smallest absolute Gasteiger partial charge is 0.353 e. The summed E-state index contributed by atoms with van der Waals surface area (Å²) in [5.41, 5.74) is 0. The molecule has 2 heterocycles. The van der Waals surface area contributed by atoms with Crippen molar-refractivity contribution < 1.29 is 4.74 Å². The lowest BCUT2D eigenvalue weighted by molar-refractivity contribution is 0.362. The summed E-state index contributed by atoms with van der Waals surface area (Å²) in [4.78, 5) is 0. The molecule has 0 atom stereocenters. The minimum atomic E-state index is 0.197. The second-order valence-corrected chi connectivity index (χ2v) is 2.86. The van der Waals surface area contributed by atoms with Gasteiger partial charge < -0.3 is 4.74 Å². The van der Waals surface area contributed by atoms with Crippen LogP contribution in [0.25, 0.3) is 5.78 Å². The number of thioether (sulfide) groups is 1. The Hall–Kier alpha value is -1.44. The van der Waals surface area contributed by atoms with Crippen molar-refractivity contribution in [3.8, 4) is 6.01 Å². The fourth-order valence-corrected chi connectivity index (χ4v) is 1.23. The molecule has 0 unspecified atom stereocenters. The molecule has 0 bridgehead atoms. The average molecular weight is 198 g/mol. The van der Waals surface area contributed by atoms with Crippen LogP contribution in [0.2, 0.25) is 0 Å². The van der Waals surface area contributed by atoms with Gasteiger partial charge in [-0.25, -0.2) is 0 Å². The van der Waals surface area contributed by atoms with Crippen LogP contribution >= 0.6 is 11.8 Å². The number of hydrogen-bond acceptors (Lipinski definition) is 7. The lowest BCUT2D eigenvalue weighted by atomic mass is 11.1. The monoisotopic (exact) mass is 198 g/mol. The largest absolute Gasteiger partial charge is 0.465 e. The molecule has 0 aliphatic rings. The third kappa shape index (κ3) is 1.28. The maximum atomic E-state index is 4.82. The number of methoxy groups -OCH3 is 1. The van der Waals surface area contributed by atoms with Crippen LogP contribution in [0.4, 0.5) is 0 Å². The average Bonchev–Trinajstić information content (AvgIpc) is 2.59. The van der Waals surface area contributed by atoms with Gasteiger partial charge in [-0.3, -0.25) is 0 Å². The zero-order valence-electron chi connectivity index (χ0n) is 7.00. The zero-order chi connectivity index (χ0) is 9.26. The molecule has 0 amide bonds. The molecule has 0 N–H and O–H groups in total. The van der Waals surface area contributed by atoms with Crippen LogP contribution in [0.3, 0.4) is 0 Å². The first-order valence-electron chi connectivity index (χ1n) is 3.39. The molecule has 0 saturated heterocycles. The van der Waals surface area contributed by atoms with Crippen molar-refractivity contribution in [2.45, 2.75) is 5.16 Å². The molecule has 7 nitrogen and oxygen atoms in total. The van der Waals surface area contributed by atoms with Crippen LogP contribution in [0.5, 0.6) is 6.01 Å². The van der Waals surface area contributed by atoms with Gasteiger partial charge >= 0.3 is 6.01 Å². The SMILES string of the molecule is COc1nnc2nnc(SC)n2n1. The predicted octanol–water partition coefficient (Wildman–Crippen LogP) is -0.355. The highest BCUT2D eigenvalue weighted by atomic mass is 32.2. The van der Waals surface area contributed by atoms with Gasteiger partial charge in [0, 0.05) is 0 Å². The molecule has 0 fully saturated rings. The van der Waals surface area contributed by atoms with Crippen LogP contribution in [-0.4, -0.2) is 43.4 Å². The topological polar surface area (TPSA) is 78.1 Å². The Kier molecular flexibility index (Phi) is 1.97. The van der Waals surface area contributed by atoms with Gasteiger partial charge in [0.15, 0.2) is 0 Å². The lowest BCUT2D eigenvalue weighted by Crippen LogP contribution is -2.02. The summed E-state index contributed by atoms with van der Waals surface area (Å²) in [6.07, 6.45) is 1.88. The zero-order valence-corrected chi connectivity index (χ0v) is 7.82. The summed E-state index contributed by atoms with van der Waals surface area (Å²) < 4.78 is 6.30. The van der Waals surface area contributed by atoms with Crippen LogP contribution < -0.4 is 4.74 Å². The number of nitrogens with zero attached hydrogens (tertiary/aromatic N) is 6. The van der Waals surface area contributed by atoms with Crippen LogP contribution in [0.15, 0.2) is 5.16 Å². The van der Waals surface area contributed by atoms with Gasteiger partial charge in [0.05, 0.1) is 7.11 Å². The molecule has 0 aliphatic heterocycles. The molecule has 2 aromatic heterocycles. The minimum absolute atomic E-state index is 0.197. The Labute approximate surface area is 77.5 Å². The standard InChI is InChI=1S/C5H6N6OS/c1-12-4-8-6-3-7-9-5(13-2)11(3)10-4/h1-2H3. The second kappa shape index (κ2) is 3.13. The molecule has 0 spiro atoms. The normalized spacial score (nSPS) is 10.6. The van der Waals surface area contributed by atoms with Crippen LogP contribution in [-0.2, 0) is 0 Å². The second-order valence-electron chi connectivity index (χ2n) is 2.09. The Morgan fingerprint density at radius 1 is 1.23 bits per heavy atom. The van der Waals surface area contributed by atoms with E-state index in [-0.39, 0.29) is 6.01 Å². The van der Waals surface area contributed by atoms with Gasteiger partial charge in [0.2, 0.25) is 5.16 Å². The first-order chi connectivity index (χ1) is 6.35. The number of hydrogen-bond donors (Lipinski definition) is 0. The van der Waals surface area contributed by atoms with Gasteiger partial charge in [0.1, 0.15) is 0 Å². The summed E-state index contributed by atoms with van der Waals surface area (Å²) in [7, 11) is 1.48. The molecule has 8 heteroatoms. The summed E-state index contributed by atoms with van der Waals surface area (Å²) >= 11 is 1.43. The van der Waals surface area contributed by atoms with E-state index in [2.05, 4.69) is 25.5 Å². The van der Waals surface area contributed by atoms with Gasteiger partial charge in [-0.2, -0.15) is 4.52 Å². The molecule has 0 radical (unpaired) electrons. The molecule has 2 rings (SSSR count). The van der Waals surface area contributed by atoms with E-state index >= 15 is 0 Å². The van der Waals surface area contributed by atoms with E-state index in [1.165, 1.54) is 23.4 Å². The fraction of sp³-hybridized carbons (Fsp3) is 0.400. The van der Waals surface area contributed by atoms with Crippen molar-refractivity contribution in [1.29, 1.82) is 0 Å². The van der Waals surface area contributed by atoms with E-state index in [1.54, 1.807) is 0 Å². The third-order valence-corrected chi connectivity index (χ3v) is 1.99. The number of fused-ring (bicyclic) bond motifs is 1. The summed E-state index contributed by atoms with van der Waals surface area (Å²) in [6.45, 7) is 0. The number of ether oxygens (including phenoxy) is 1. The van der Waals surface area contributed by atoms with E-state index < -0.39 is 0 Å². The van der Waals surface area contributed by atoms with Crippen LogP contribution in [0.1, 0.15) is 0 Å². The van der Waals surface area contributed by atoms with Crippen molar-refractivity contribution >= 4 is 17.5 Å². The van der Waals surface area contributed by atoms with Gasteiger partial charge in [0.25, 0.3) is 5.78 Å². The van der Waals surface area contributed by atoms with Crippen molar-refractivity contribution in [2.24, 2.45) is 0 Å². The summed E-state index contributed by atoms with van der Waals surface area (Å²) in [6, 6.07) is 0.197. The highest BCUT2D eigenvalue weighted by Gasteiger charge is 2.08. The number of rotatable bonds is 2. The quantitative estimate of drug-likeness (QED) is 0.610. The van der Waals surface area contributed by atoms with Crippen molar-refractivity contribution in [1.82, 2.24) is 30.0 Å². The summed E-state index contributed by atoms with van der Waals surface area (Å²) in [5, 5.41) is 19.7. The number of aromatic nitrogens is 6. The Bertz CT molecular complexity index is 428. The molecular weight excluding hydrogens is 192 g/mol. The molecule has 0 saturated carbocycles. The molecule has 2 aromatic rings. The maximum Gasteiger partial charge on any atom is 0.353 e. The minimum Gasteiger partial charge on any atom is -0.465 e. The Morgan fingerprint density at radius 2 is 2.00 bits per heavy atom. The maximum absolute atomic E-state index is 4.82. The molecule has 0 aromatic carbocycles. The Balaban J connectivity index is 2.64. The van der Waals surface area contributed by atoms with Crippen LogP contribution in [0, 0.1) is 0 Å². The third-order valence-electron chi connectivity index (χ3n) is 1.37. The van der Waals surface area contributed by atoms with Gasteiger partial charge in [-0.1, -0.05) is 16.9 Å². The van der Waals surface area contributed by atoms with Gasteiger partial charge in [-0.05, 0) is 6.26 Å².